The number of benzene rings is 1. The van der Waals surface area contributed by atoms with Gasteiger partial charge in [-0.1, -0.05) is 19.9 Å². The maximum atomic E-state index is 9.66. The largest absolute Gasteiger partial charge is 0.504 e. The van der Waals surface area contributed by atoms with Gasteiger partial charge in [0.25, 0.3) is 0 Å². The number of phenolic OH excluding ortho intramolecular Hbond substituents is 3. The first-order valence-electron chi connectivity index (χ1n) is 6.76. The summed E-state index contributed by atoms with van der Waals surface area (Å²) in [5.74, 6) is -1.02. The van der Waals surface area contributed by atoms with E-state index in [1.807, 2.05) is 0 Å². The standard InChI is InChI=1S/C14H24N2O3/c1-3-8-16(4-2)9-7-15-10-11-5-6-12(17)14(19)13(11)18/h5-6,15,17-19H,3-4,7-10H2,1-2H3. The smallest absolute Gasteiger partial charge is 0.200 e. The molecular formula is C14H24N2O3. The van der Waals surface area contributed by atoms with E-state index in [2.05, 4.69) is 24.1 Å². The van der Waals surface area contributed by atoms with Crippen LogP contribution < -0.4 is 5.32 Å². The highest BCUT2D eigenvalue weighted by Crippen LogP contribution is 2.36. The van der Waals surface area contributed by atoms with Crippen LogP contribution >= 0.6 is 0 Å². The second-order valence-electron chi connectivity index (χ2n) is 4.55. The van der Waals surface area contributed by atoms with E-state index >= 15 is 0 Å². The lowest BCUT2D eigenvalue weighted by molar-refractivity contribution is 0.287. The summed E-state index contributed by atoms with van der Waals surface area (Å²) in [6.45, 7) is 8.64. The lowest BCUT2D eigenvalue weighted by atomic mass is 10.1. The normalized spacial score (nSPS) is 11.1. The van der Waals surface area contributed by atoms with Gasteiger partial charge in [0.1, 0.15) is 0 Å². The molecule has 0 amide bonds. The SMILES string of the molecule is CCCN(CC)CCNCc1ccc(O)c(O)c1O. The Bertz CT molecular complexity index is 397. The van der Waals surface area contributed by atoms with Crippen LogP contribution in [0.1, 0.15) is 25.8 Å². The molecule has 0 aliphatic carbocycles. The molecule has 0 atom stereocenters. The fraction of sp³-hybridized carbons (Fsp3) is 0.571. The van der Waals surface area contributed by atoms with Crippen molar-refractivity contribution in [2.45, 2.75) is 26.8 Å². The van der Waals surface area contributed by atoms with Crippen molar-refractivity contribution in [3.8, 4) is 17.2 Å². The summed E-state index contributed by atoms with van der Waals surface area (Å²) in [6.07, 6.45) is 1.14. The average molecular weight is 268 g/mol. The Balaban J connectivity index is 2.39. The van der Waals surface area contributed by atoms with Crippen LogP contribution in [0, 0.1) is 0 Å². The summed E-state index contributed by atoms with van der Waals surface area (Å²) in [5, 5.41) is 31.5. The van der Waals surface area contributed by atoms with Gasteiger partial charge < -0.3 is 25.5 Å². The number of phenols is 3. The van der Waals surface area contributed by atoms with Crippen LogP contribution in [0.15, 0.2) is 12.1 Å². The predicted molar refractivity (Wildman–Crippen MR) is 75.5 cm³/mol. The summed E-state index contributed by atoms with van der Waals surface area (Å²) in [6, 6.07) is 2.97. The van der Waals surface area contributed by atoms with E-state index in [0.29, 0.717) is 12.1 Å². The predicted octanol–water partition coefficient (Wildman–Crippen LogP) is 1.62. The molecule has 0 fully saturated rings. The molecule has 1 rings (SSSR count). The van der Waals surface area contributed by atoms with E-state index in [0.717, 1.165) is 32.6 Å². The first-order chi connectivity index (χ1) is 9.10. The van der Waals surface area contributed by atoms with Crippen molar-refractivity contribution in [1.29, 1.82) is 0 Å². The van der Waals surface area contributed by atoms with Gasteiger partial charge in [-0.2, -0.15) is 0 Å². The first kappa shape index (κ1) is 15.6. The number of aromatic hydroxyl groups is 3. The first-order valence-corrected chi connectivity index (χ1v) is 6.76. The van der Waals surface area contributed by atoms with E-state index in [1.165, 1.54) is 6.07 Å². The van der Waals surface area contributed by atoms with Gasteiger partial charge in [-0.05, 0) is 25.6 Å². The molecule has 19 heavy (non-hydrogen) atoms. The van der Waals surface area contributed by atoms with E-state index in [9.17, 15) is 15.3 Å². The third kappa shape index (κ3) is 4.61. The minimum absolute atomic E-state index is 0.256. The number of nitrogens with zero attached hydrogens (tertiary/aromatic N) is 1. The zero-order chi connectivity index (χ0) is 14.3. The van der Waals surface area contributed by atoms with E-state index < -0.39 is 5.75 Å². The Morgan fingerprint density at radius 1 is 1.05 bits per heavy atom. The van der Waals surface area contributed by atoms with Crippen molar-refractivity contribution in [2.24, 2.45) is 0 Å². The van der Waals surface area contributed by atoms with Crippen LogP contribution in [-0.2, 0) is 6.54 Å². The van der Waals surface area contributed by atoms with Crippen molar-refractivity contribution >= 4 is 0 Å². The number of rotatable bonds is 8. The number of nitrogens with one attached hydrogen (secondary N) is 1. The molecule has 0 aliphatic heterocycles. The zero-order valence-corrected chi connectivity index (χ0v) is 11.7. The summed E-state index contributed by atoms with van der Waals surface area (Å²) in [7, 11) is 0. The highest BCUT2D eigenvalue weighted by Gasteiger charge is 2.10. The highest BCUT2D eigenvalue weighted by molar-refractivity contribution is 5.52. The minimum atomic E-state index is -0.458. The van der Waals surface area contributed by atoms with Gasteiger partial charge in [0.15, 0.2) is 11.5 Å². The molecule has 4 N–H and O–H groups in total. The summed E-state index contributed by atoms with van der Waals surface area (Å²) in [4.78, 5) is 2.35. The van der Waals surface area contributed by atoms with Gasteiger partial charge in [-0.3, -0.25) is 0 Å². The average Bonchev–Trinajstić information content (AvgIpc) is 2.41. The maximum Gasteiger partial charge on any atom is 0.200 e. The molecule has 0 bridgehead atoms. The summed E-state index contributed by atoms with van der Waals surface area (Å²) >= 11 is 0. The Morgan fingerprint density at radius 2 is 1.79 bits per heavy atom. The van der Waals surface area contributed by atoms with Crippen molar-refractivity contribution in [3.05, 3.63) is 17.7 Å². The van der Waals surface area contributed by atoms with Crippen molar-refractivity contribution < 1.29 is 15.3 Å². The summed E-state index contributed by atoms with van der Waals surface area (Å²) < 4.78 is 0. The molecule has 1 aromatic carbocycles. The number of hydrogen-bond donors (Lipinski definition) is 4. The van der Waals surface area contributed by atoms with Gasteiger partial charge in [0.05, 0.1) is 0 Å². The Hall–Kier alpha value is -1.46. The van der Waals surface area contributed by atoms with Crippen LogP contribution in [0.25, 0.3) is 0 Å². The van der Waals surface area contributed by atoms with Crippen LogP contribution in [0.4, 0.5) is 0 Å². The zero-order valence-electron chi connectivity index (χ0n) is 11.7. The second kappa shape index (κ2) is 7.86. The molecule has 1 aromatic rings. The third-order valence-electron chi connectivity index (χ3n) is 3.12. The van der Waals surface area contributed by atoms with Crippen molar-refractivity contribution in [1.82, 2.24) is 10.2 Å². The van der Waals surface area contributed by atoms with Gasteiger partial charge in [-0.25, -0.2) is 0 Å². The topological polar surface area (TPSA) is 76.0 Å². The van der Waals surface area contributed by atoms with Crippen LogP contribution in [0.2, 0.25) is 0 Å². The van der Waals surface area contributed by atoms with Crippen molar-refractivity contribution in [3.63, 3.8) is 0 Å². The van der Waals surface area contributed by atoms with Gasteiger partial charge in [0.2, 0.25) is 5.75 Å². The molecule has 0 saturated heterocycles. The molecular weight excluding hydrogens is 244 g/mol. The van der Waals surface area contributed by atoms with Crippen LogP contribution in [0.5, 0.6) is 17.2 Å². The molecule has 0 saturated carbocycles. The summed E-state index contributed by atoms with van der Waals surface area (Å²) in [5.41, 5.74) is 0.578. The third-order valence-corrected chi connectivity index (χ3v) is 3.12. The lowest BCUT2D eigenvalue weighted by Crippen LogP contribution is -2.32. The van der Waals surface area contributed by atoms with Crippen LogP contribution in [0.3, 0.4) is 0 Å². The highest BCUT2D eigenvalue weighted by atomic mass is 16.3. The van der Waals surface area contributed by atoms with E-state index in [4.69, 9.17) is 0 Å². The lowest BCUT2D eigenvalue weighted by Gasteiger charge is -2.19. The van der Waals surface area contributed by atoms with E-state index in [-0.39, 0.29) is 11.5 Å². The maximum absolute atomic E-state index is 9.66. The molecule has 0 radical (unpaired) electrons. The Kier molecular flexibility index (Phi) is 6.45. The minimum Gasteiger partial charge on any atom is -0.504 e. The number of hydrogen-bond acceptors (Lipinski definition) is 5. The molecule has 0 heterocycles. The quantitative estimate of drug-likeness (QED) is 0.426. The molecule has 108 valence electrons. The van der Waals surface area contributed by atoms with Crippen LogP contribution in [-0.4, -0.2) is 46.4 Å². The van der Waals surface area contributed by atoms with Gasteiger partial charge >= 0.3 is 0 Å². The molecule has 0 aromatic heterocycles. The number of likely N-dealkylation sites (N-methyl/N-ethyl adjacent to an activating group) is 1. The van der Waals surface area contributed by atoms with Gasteiger partial charge in [0, 0.05) is 25.2 Å². The van der Waals surface area contributed by atoms with Gasteiger partial charge in [-0.15, -0.1) is 0 Å². The van der Waals surface area contributed by atoms with Crippen molar-refractivity contribution in [2.75, 3.05) is 26.2 Å². The molecule has 0 spiro atoms. The Labute approximate surface area is 114 Å². The fourth-order valence-corrected chi connectivity index (χ4v) is 1.96. The molecule has 5 nitrogen and oxygen atoms in total. The second-order valence-corrected chi connectivity index (χ2v) is 4.55. The molecule has 0 unspecified atom stereocenters. The monoisotopic (exact) mass is 268 g/mol. The molecule has 5 heteroatoms. The molecule has 0 aliphatic rings. The fourth-order valence-electron chi connectivity index (χ4n) is 1.96. The van der Waals surface area contributed by atoms with E-state index in [1.54, 1.807) is 6.07 Å². The Morgan fingerprint density at radius 3 is 2.42 bits per heavy atom.